The van der Waals surface area contributed by atoms with Crippen molar-refractivity contribution in [3.63, 3.8) is 0 Å². The van der Waals surface area contributed by atoms with Gasteiger partial charge in [-0.25, -0.2) is 4.79 Å². The second kappa shape index (κ2) is 8.18. The van der Waals surface area contributed by atoms with Gasteiger partial charge in [0.15, 0.2) is 0 Å². The molecule has 1 aromatic heterocycles. The second-order valence-electron chi connectivity index (χ2n) is 5.95. The molecule has 1 amide bonds. The van der Waals surface area contributed by atoms with E-state index in [1.54, 1.807) is 19.2 Å². The highest BCUT2D eigenvalue weighted by Gasteiger charge is 2.22. The molecule has 3 rings (SSSR count). The summed E-state index contributed by atoms with van der Waals surface area (Å²) in [6, 6.07) is 16.9. The summed E-state index contributed by atoms with van der Waals surface area (Å²) in [5.74, 6) is -0.949. The molecule has 0 aliphatic rings. The monoisotopic (exact) mass is 365 g/mol. The molecule has 27 heavy (non-hydrogen) atoms. The van der Waals surface area contributed by atoms with Crippen LogP contribution in [0.4, 0.5) is 0 Å². The van der Waals surface area contributed by atoms with Gasteiger partial charge < -0.3 is 15.2 Å². The van der Waals surface area contributed by atoms with E-state index in [-0.39, 0.29) is 12.1 Å². The van der Waals surface area contributed by atoms with Crippen LogP contribution in [0.25, 0.3) is 11.3 Å². The molecule has 0 unspecified atom stereocenters. The van der Waals surface area contributed by atoms with Crippen LogP contribution < -0.4 is 10.1 Å². The SMILES string of the molecule is COc1cccc(-c2cc(C(=O)N[C@@H](Cc3ccccc3)C(=O)O)[nH]n2)c1. The molecule has 3 N–H and O–H groups in total. The largest absolute Gasteiger partial charge is 0.497 e. The van der Waals surface area contributed by atoms with E-state index in [0.29, 0.717) is 11.4 Å². The highest BCUT2D eigenvalue weighted by Crippen LogP contribution is 2.22. The van der Waals surface area contributed by atoms with Crippen molar-refractivity contribution in [1.82, 2.24) is 15.5 Å². The fraction of sp³-hybridized carbons (Fsp3) is 0.150. The van der Waals surface area contributed by atoms with Crippen molar-refractivity contribution in [2.24, 2.45) is 0 Å². The van der Waals surface area contributed by atoms with Gasteiger partial charge in [0, 0.05) is 12.0 Å². The number of carbonyl (C=O) groups excluding carboxylic acids is 1. The summed E-state index contributed by atoms with van der Waals surface area (Å²) in [6.07, 6.45) is 0.193. The van der Waals surface area contributed by atoms with Crippen LogP contribution in [0.3, 0.4) is 0 Å². The number of benzene rings is 2. The Morgan fingerprint density at radius 2 is 1.93 bits per heavy atom. The standard InChI is InChI=1S/C20H19N3O4/c1-27-15-9-5-8-14(11-15)16-12-17(23-22-16)19(24)21-18(20(25)26)10-13-6-3-2-4-7-13/h2-9,11-12,18H,10H2,1H3,(H,21,24)(H,22,23)(H,25,26)/t18-/m0/s1. The van der Waals surface area contributed by atoms with Gasteiger partial charge >= 0.3 is 5.97 Å². The molecule has 0 saturated carbocycles. The van der Waals surface area contributed by atoms with Gasteiger partial charge in [-0.1, -0.05) is 42.5 Å². The number of nitrogens with one attached hydrogen (secondary N) is 2. The highest BCUT2D eigenvalue weighted by molar-refractivity contribution is 5.95. The number of aromatic nitrogens is 2. The third kappa shape index (κ3) is 4.52. The predicted octanol–water partition coefficient (Wildman–Crippen LogP) is 2.51. The van der Waals surface area contributed by atoms with E-state index in [4.69, 9.17) is 4.74 Å². The fourth-order valence-corrected chi connectivity index (χ4v) is 2.65. The lowest BCUT2D eigenvalue weighted by Crippen LogP contribution is -2.42. The van der Waals surface area contributed by atoms with Crippen LogP contribution in [0, 0.1) is 0 Å². The topological polar surface area (TPSA) is 104 Å². The molecule has 0 saturated heterocycles. The molecule has 1 heterocycles. The van der Waals surface area contributed by atoms with E-state index in [1.807, 2.05) is 48.5 Å². The lowest BCUT2D eigenvalue weighted by atomic mass is 10.1. The fourth-order valence-electron chi connectivity index (χ4n) is 2.65. The molecule has 3 aromatic rings. The lowest BCUT2D eigenvalue weighted by Gasteiger charge is -2.13. The van der Waals surface area contributed by atoms with E-state index in [0.717, 1.165) is 11.1 Å². The van der Waals surface area contributed by atoms with Crippen molar-refractivity contribution >= 4 is 11.9 Å². The summed E-state index contributed by atoms with van der Waals surface area (Å²) in [5.41, 5.74) is 2.36. The average Bonchev–Trinajstić information content (AvgIpc) is 3.18. The number of carboxylic acids is 1. The maximum atomic E-state index is 12.4. The molecule has 0 radical (unpaired) electrons. The minimum atomic E-state index is -1.10. The van der Waals surface area contributed by atoms with Crippen molar-refractivity contribution in [2.75, 3.05) is 7.11 Å². The van der Waals surface area contributed by atoms with Crippen molar-refractivity contribution in [1.29, 1.82) is 0 Å². The minimum absolute atomic E-state index is 0.187. The molecular formula is C20H19N3O4. The number of carboxylic acid groups (broad SMARTS) is 1. The Balaban J connectivity index is 1.73. The van der Waals surface area contributed by atoms with Crippen LogP contribution >= 0.6 is 0 Å². The number of carbonyl (C=O) groups is 2. The van der Waals surface area contributed by atoms with Crippen LogP contribution in [0.15, 0.2) is 60.7 Å². The number of amides is 1. The molecule has 0 bridgehead atoms. The van der Waals surface area contributed by atoms with E-state index >= 15 is 0 Å². The average molecular weight is 365 g/mol. The van der Waals surface area contributed by atoms with Crippen LogP contribution in [0.2, 0.25) is 0 Å². The molecule has 0 spiro atoms. The normalized spacial score (nSPS) is 11.6. The smallest absolute Gasteiger partial charge is 0.326 e. The maximum Gasteiger partial charge on any atom is 0.326 e. The van der Waals surface area contributed by atoms with Gasteiger partial charge in [0.2, 0.25) is 0 Å². The summed E-state index contributed by atoms with van der Waals surface area (Å²) in [4.78, 5) is 24.0. The van der Waals surface area contributed by atoms with Gasteiger partial charge in [0.25, 0.3) is 5.91 Å². The van der Waals surface area contributed by atoms with Gasteiger partial charge in [-0.15, -0.1) is 0 Å². The van der Waals surface area contributed by atoms with Crippen molar-refractivity contribution in [3.05, 3.63) is 71.9 Å². The van der Waals surface area contributed by atoms with E-state index < -0.39 is 17.9 Å². The highest BCUT2D eigenvalue weighted by atomic mass is 16.5. The van der Waals surface area contributed by atoms with Crippen LogP contribution in [-0.4, -0.2) is 40.3 Å². The Morgan fingerprint density at radius 1 is 1.15 bits per heavy atom. The number of H-pyrrole nitrogens is 1. The van der Waals surface area contributed by atoms with Crippen molar-refractivity contribution in [2.45, 2.75) is 12.5 Å². The van der Waals surface area contributed by atoms with Gasteiger partial charge in [-0.3, -0.25) is 9.89 Å². The third-order valence-corrected chi connectivity index (χ3v) is 4.07. The van der Waals surface area contributed by atoms with Gasteiger partial charge in [0.1, 0.15) is 17.5 Å². The maximum absolute atomic E-state index is 12.4. The third-order valence-electron chi connectivity index (χ3n) is 4.07. The van der Waals surface area contributed by atoms with E-state index in [9.17, 15) is 14.7 Å². The Bertz CT molecular complexity index is 937. The molecule has 0 fully saturated rings. The zero-order valence-electron chi connectivity index (χ0n) is 14.7. The first kappa shape index (κ1) is 18.2. The molecule has 0 aliphatic heterocycles. The van der Waals surface area contributed by atoms with Crippen LogP contribution in [0.5, 0.6) is 5.75 Å². The predicted molar refractivity (Wildman–Crippen MR) is 99.6 cm³/mol. The summed E-state index contributed by atoms with van der Waals surface area (Å²) < 4.78 is 5.18. The van der Waals surface area contributed by atoms with Crippen LogP contribution in [-0.2, 0) is 11.2 Å². The van der Waals surface area contributed by atoms with Crippen LogP contribution in [0.1, 0.15) is 16.1 Å². The lowest BCUT2D eigenvalue weighted by molar-refractivity contribution is -0.139. The molecule has 7 nitrogen and oxygen atoms in total. The number of nitrogens with zero attached hydrogens (tertiary/aromatic N) is 1. The number of aliphatic carboxylic acids is 1. The number of methoxy groups -OCH3 is 1. The summed E-state index contributed by atoms with van der Waals surface area (Å²) in [5, 5.41) is 18.7. The van der Waals surface area contributed by atoms with Gasteiger partial charge in [0.05, 0.1) is 12.8 Å². The molecule has 2 aromatic carbocycles. The zero-order valence-corrected chi connectivity index (χ0v) is 14.7. The first-order valence-corrected chi connectivity index (χ1v) is 8.34. The summed E-state index contributed by atoms with van der Waals surface area (Å²) in [7, 11) is 1.57. The Hall–Kier alpha value is -3.61. The number of hydrogen-bond donors (Lipinski definition) is 3. The Morgan fingerprint density at radius 3 is 2.63 bits per heavy atom. The molecule has 1 atom stereocenters. The van der Waals surface area contributed by atoms with Crippen molar-refractivity contribution in [3.8, 4) is 17.0 Å². The number of hydrogen-bond acceptors (Lipinski definition) is 4. The first-order valence-electron chi connectivity index (χ1n) is 8.34. The van der Waals surface area contributed by atoms with Gasteiger partial charge in [-0.2, -0.15) is 5.10 Å². The Labute approximate surface area is 156 Å². The first-order chi connectivity index (χ1) is 13.1. The summed E-state index contributed by atoms with van der Waals surface area (Å²) in [6.45, 7) is 0. The quantitative estimate of drug-likeness (QED) is 0.597. The number of ether oxygens (including phenoxy) is 1. The summed E-state index contributed by atoms with van der Waals surface area (Å²) >= 11 is 0. The Kier molecular flexibility index (Phi) is 5.51. The number of rotatable bonds is 7. The molecule has 138 valence electrons. The van der Waals surface area contributed by atoms with Gasteiger partial charge in [-0.05, 0) is 23.8 Å². The molecular weight excluding hydrogens is 346 g/mol. The second-order valence-corrected chi connectivity index (χ2v) is 5.95. The van der Waals surface area contributed by atoms with Crippen molar-refractivity contribution < 1.29 is 19.4 Å². The minimum Gasteiger partial charge on any atom is -0.497 e. The number of aromatic amines is 1. The molecule has 7 heteroatoms. The molecule has 0 aliphatic carbocycles. The van der Waals surface area contributed by atoms with E-state index in [2.05, 4.69) is 15.5 Å². The van der Waals surface area contributed by atoms with E-state index in [1.165, 1.54) is 0 Å². The zero-order chi connectivity index (χ0) is 19.2.